The number of benzene rings is 1. The molecule has 0 spiro atoms. The van der Waals surface area contributed by atoms with Crippen LogP contribution in [0.5, 0.6) is 0 Å². The van der Waals surface area contributed by atoms with Crippen molar-refractivity contribution in [3.8, 4) is 0 Å². The Hall–Kier alpha value is -2.08. The highest BCUT2D eigenvalue weighted by Crippen LogP contribution is 2.18. The number of esters is 1. The van der Waals surface area contributed by atoms with Crippen LogP contribution in [0.1, 0.15) is 39.2 Å². The molecule has 2 rings (SSSR count). The third-order valence-corrected chi connectivity index (χ3v) is 3.38. The van der Waals surface area contributed by atoms with Gasteiger partial charge in [0.1, 0.15) is 18.2 Å². The van der Waals surface area contributed by atoms with Gasteiger partial charge in [-0.1, -0.05) is 30.3 Å². The van der Waals surface area contributed by atoms with Gasteiger partial charge in [0.15, 0.2) is 0 Å². The van der Waals surface area contributed by atoms with E-state index in [9.17, 15) is 9.59 Å². The van der Waals surface area contributed by atoms with Gasteiger partial charge in [-0.15, -0.1) is 0 Å². The minimum Gasteiger partial charge on any atom is -0.458 e. The van der Waals surface area contributed by atoms with Gasteiger partial charge in [-0.3, -0.25) is 0 Å². The third-order valence-electron chi connectivity index (χ3n) is 3.38. The summed E-state index contributed by atoms with van der Waals surface area (Å²) in [7, 11) is 0. The molecule has 0 radical (unpaired) electrons. The molecular formula is C18H25NO5. The first-order valence-electron chi connectivity index (χ1n) is 8.15. The first-order chi connectivity index (χ1) is 11.3. The monoisotopic (exact) mass is 335 g/mol. The molecule has 2 atom stereocenters. The van der Waals surface area contributed by atoms with Crippen LogP contribution in [0.3, 0.4) is 0 Å². The Morgan fingerprint density at radius 3 is 2.54 bits per heavy atom. The molecule has 0 bridgehead atoms. The van der Waals surface area contributed by atoms with E-state index in [-0.39, 0.29) is 12.7 Å². The number of alkyl carbamates (subject to hydrolysis) is 1. The Balaban J connectivity index is 1.85. The van der Waals surface area contributed by atoms with Gasteiger partial charge in [0, 0.05) is 0 Å². The number of nitrogens with one attached hydrogen (secondary N) is 1. The van der Waals surface area contributed by atoms with E-state index in [0.29, 0.717) is 19.4 Å². The summed E-state index contributed by atoms with van der Waals surface area (Å²) < 4.78 is 15.7. The molecule has 132 valence electrons. The van der Waals surface area contributed by atoms with E-state index < -0.39 is 23.7 Å². The maximum Gasteiger partial charge on any atom is 0.408 e. The molecule has 1 N–H and O–H groups in total. The van der Waals surface area contributed by atoms with Crippen molar-refractivity contribution < 1.29 is 23.8 Å². The quantitative estimate of drug-likeness (QED) is 0.612. The summed E-state index contributed by atoms with van der Waals surface area (Å²) in [6, 6.07) is 8.62. The Kier molecular flexibility index (Phi) is 6.20. The zero-order valence-corrected chi connectivity index (χ0v) is 14.4. The molecule has 6 heteroatoms. The fraction of sp³-hybridized carbons (Fsp3) is 0.556. The summed E-state index contributed by atoms with van der Waals surface area (Å²) in [5.74, 6) is -0.459. The number of ether oxygens (including phenoxy) is 3. The van der Waals surface area contributed by atoms with Gasteiger partial charge in [-0.25, -0.2) is 9.59 Å². The Bertz CT molecular complexity index is 548. The van der Waals surface area contributed by atoms with E-state index in [2.05, 4.69) is 5.32 Å². The van der Waals surface area contributed by atoms with E-state index in [1.54, 1.807) is 20.8 Å². The van der Waals surface area contributed by atoms with Crippen molar-refractivity contribution in [3.63, 3.8) is 0 Å². The molecule has 6 nitrogen and oxygen atoms in total. The number of carbonyl (C=O) groups is 2. The highest BCUT2D eigenvalue weighted by molar-refractivity contribution is 5.81. The Labute approximate surface area is 142 Å². The molecule has 1 heterocycles. The summed E-state index contributed by atoms with van der Waals surface area (Å²) in [4.78, 5) is 24.3. The second kappa shape index (κ2) is 8.15. The van der Waals surface area contributed by atoms with E-state index >= 15 is 0 Å². The van der Waals surface area contributed by atoms with Gasteiger partial charge in [-0.05, 0) is 39.2 Å². The third kappa shape index (κ3) is 7.00. The molecule has 24 heavy (non-hydrogen) atoms. The lowest BCUT2D eigenvalue weighted by atomic mass is 10.1. The minimum absolute atomic E-state index is 0.152. The van der Waals surface area contributed by atoms with Gasteiger partial charge < -0.3 is 19.5 Å². The number of hydrogen-bond acceptors (Lipinski definition) is 5. The number of hydrogen-bond donors (Lipinski definition) is 1. The first kappa shape index (κ1) is 18.3. The van der Waals surface area contributed by atoms with Crippen LogP contribution in [-0.2, 0) is 25.6 Å². The van der Waals surface area contributed by atoms with Gasteiger partial charge >= 0.3 is 12.1 Å². The largest absolute Gasteiger partial charge is 0.458 e. The zero-order valence-electron chi connectivity index (χ0n) is 14.4. The molecule has 1 aliphatic heterocycles. The molecule has 1 aliphatic rings. The molecule has 1 fully saturated rings. The summed E-state index contributed by atoms with van der Waals surface area (Å²) in [5.41, 5.74) is 0.272. The lowest BCUT2D eigenvalue weighted by Crippen LogP contribution is -2.44. The standard InChI is InChI=1S/C18H25NO5/c1-18(2,3)24-16(20)15(10-9-14-12-22-14)19-17(21)23-11-13-7-5-4-6-8-13/h4-8,14-15H,9-12H2,1-3H3,(H,19,21)/t14?,15-/m0/s1. The molecular weight excluding hydrogens is 310 g/mol. The fourth-order valence-corrected chi connectivity index (χ4v) is 2.12. The number of epoxide rings is 1. The van der Waals surface area contributed by atoms with Crippen LogP contribution in [0, 0.1) is 0 Å². The van der Waals surface area contributed by atoms with Crippen molar-refractivity contribution in [2.24, 2.45) is 0 Å². The van der Waals surface area contributed by atoms with E-state index in [4.69, 9.17) is 14.2 Å². The second-order valence-electron chi connectivity index (χ2n) is 6.82. The van der Waals surface area contributed by atoms with Crippen LogP contribution in [0.15, 0.2) is 30.3 Å². The summed E-state index contributed by atoms with van der Waals surface area (Å²) in [6.45, 7) is 6.23. The molecule has 0 aromatic heterocycles. The normalized spacial score (nSPS) is 17.7. The second-order valence-corrected chi connectivity index (χ2v) is 6.82. The zero-order chi connectivity index (χ0) is 17.6. The van der Waals surface area contributed by atoms with Gasteiger partial charge in [0.05, 0.1) is 12.7 Å². The van der Waals surface area contributed by atoms with Crippen LogP contribution in [0.2, 0.25) is 0 Å². The van der Waals surface area contributed by atoms with Crippen molar-refractivity contribution in [2.45, 2.75) is 58.0 Å². The number of rotatable bonds is 7. The maximum absolute atomic E-state index is 12.3. The Morgan fingerprint density at radius 1 is 1.29 bits per heavy atom. The van der Waals surface area contributed by atoms with E-state index in [1.807, 2.05) is 30.3 Å². The van der Waals surface area contributed by atoms with Crippen LogP contribution in [-0.4, -0.2) is 36.4 Å². The molecule has 1 aromatic rings. The lowest BCUT2D eigenvalue weighted by molar-refractivity contribution is -0.157. The lowest BCUT2D eigenvalue weighted by Gasteiger charge is -2.24. The average Bonchev–Trinajstić information content (AvgIpc) is 3.33. The molecule has 0 saturated carbocycles. The van der Waals surface area contributed by atoms with E-state index in [0.717, 1.165) is 5.56 Å². The molecule has 1 unspecified atom stereocenters. The average molecular weight is 335 g/mol. The Morgan fingerprint density at radius 2 is 1.96 bits per heavy atom. The predicted molar refractivity (Wildman–Crippen MR) is 88.4 cm³/mol. The molecule has 1 saturated heterocycles. The number of amides is 1. The van der Waals surface area contributed by atoms with Crippen LogP contribution in [0.4, 0.5) is 4.79 Å². The van der Waals surface area contributed by atoms with Crippen LogP contribution < -0.4 is 5.32 Å². The van der Waals surface area contributed by atoms with Crippen LogP contribution in [0.25, 0.3) is 0 Å². The number of carbonyl (C=O) groups excluding carboxylic acids is 2. The summed E-state index contributed by atoms with van der Waals surface area (Å²) >= 11 is 0. The highest BCUT2D eigenvalue weighted by atomic mass is 16.6. The maximum atomic E-state index is 12.3. The molecule has 1 amide bonds. The fourth-order valence-electron chi connectivity index (χ4n) is 2.12. The molecule has 0 aliphatic carbocycles. The van der Waals surface area contributed by atoms with Crippen molar-refractivity contribution in [2.75, 3.05) is 6.61 Å². The van der Waals surface area contributed by atoms with Crippen molar-refractivity contribution in [1.82, 2.24) is 5.32 Å². The van der Waals surface area contributed by atoms with Gasteiger partial charge in [-0.2, -0.15) is 0 Å². The predicted octanol–water partition coefficient (Wildman–Crippen LogP) is 2.80. The smallest absolute Gasteiger partial charge is 0.408 e. The first-order valence-corrected chi connectivity index (χ1v) is 8.15. The highest BCUT2D eigenvalue weighted by Gasteiger charge is 2.30. The van der Waals surface area contributed by atoms with Gasteiger partial charge in [0.25, 0.3) is 0 Å². The van der Waals surface area contributed by atoms with Crippen molar-refractivity contribution >= 4 is 12.1 Å². The van der Waals surface area contributed by atoms with Crippen molar-refractivity contribution in [3.05, 3.63) is 35.9 Å². The van der Waals surface area contributed by atoms with Gasteiger partial charge in [0.2, 0.25) is 0 Å². The summed E-state index contributed by atoms with van der Waals surface area (Å²) in [5, 5.41) is 2.60. The van der Waals surface area contributed by atoms with Crippen molar-refractivity contribution in [1.29, 1.82) is 0 Å². The summed E-state index contributed by atoms with van der Waals surface area (Å²) in [6.07, 6.45) is 0.701. The molecule has 1 aromatic carbocycles. The SMILES string of the molecule is CC(C)(C)OC(=O)[C@H](CCC1CO1)NC(=O)OCc1ccccc1. The van der Waals surface area contributed by atoms with E-state index in [1.165, 1.54) is 0 Å². The minimum atomic E-state index is -0.739. The van der Waals surface area contributed by atoms with Crippen LogP contribution >= 0.6 is 0 Å². The topological polar surface area (TPSA) is 77.2 Å².